The SMILES string of the molecule is C=C[C@@H](C[C@H](O)[C@H](CC1CCCCC1)NC(=O)[C@H](Cc1cnc[nH]1)NC(=O)[C@H](Cc1ccccc1)NC(=O)C=Cc1ccc(Cl)cc1)C(C)C. The molecule has 1 aromatic heterocycles. The Morgan fingerprint density at radius 1 is 0.960 bits per heavy atom. The molecule has 0 radical (unpaired) electrons. The van der Waals surface area contributed by atoms with Crippen molar-refractivity contribution in [2.45, 2.75) is 95.9 Å². The third-order valence-corrected chi connectivity index (χ3v) is 9.85. The van der Waals surface area contributed by atoms with Gasteiger partial charge in [0.2, 0.25) is 17.7 Å². The number of carbonyl (C=O) groups is 3. The summed E-state index contributed by atoms with van der Waals surface area (Å²) in [5, 5.41) is 21.0. The van der Waals surface area contributed by atoms with Crippen molar-refractivity contribution in [3.63, 3.8) is 0 Å². The monoisotopic (exact) mass is 701 g/mol. The first-order valence-electron chi connectivity index (χ1n) is 17.8. The highest BCUT2D eigenvalue weighted by Crippen LogP contribution is 2.30. The largest absolute Gasteiger partial charge is 0.391 e. The van der Waals surface area contributed by atoms with Gasteiger partial charge in [0.05, 0.1) is 18.5 Å². The van der Waals surface area contributed by atoms with Gasteiger partial charge in [-0.1, -0.05) is 106 Å². The van der Waals surface area contributed by atoms with Crippen LogP contribution < -0.4 is 16.0 Å². The van der Waals surface area contributed by atoms with E-state index in [0.717, 1.165) is 36.8 Å². The number of hydrogen-bond acceptors (Lipinski definition) is 5. The number of carbonyl (C=O) groups excluding carboxylic acids is 3. The topological polar surface area (TPSA) is 136 Å². The Labute approximate surface area is 301 Å². The van der Waals surface area contributed by atoms with Crippen LogP contribution in [0.15, 0.2) is 85.9 Å². The maximum Gasteiger partial charge on any atom is 0.244 e. The number of aliphatic hydroxyl groups is 1. The fraction of sp³-hybridized carbons (Fsp3) is 0.450. The number of imidazole rings is 1. The van der Waals surface area contributed by atoms with E-state index >= 15 is 0 Å². The molecule has 3 aromatic rings. The number of nitrogens with one attached hydrogen (secondary N) is 4. The maximum atomic E-state index is 14.1. The van der Waals surface area contributed by atoms with Crippen molar-refractivity contribution in [1.29, 1.82) is 0 Å². The van der Waals surface area contributed by atoms with Gasteiger partial charge in [-0.3, -0.25) is 14.4 Å². The van der Waals surface area contributed by atoms with Crippen LogP contribution in [0.5, 0.6) is 0 Å². The second-order valence-corrected chi connectivity index (χ2v) is 14.2. The first-order valence-corrected chi connectivity index (χ1v) is 18.2. The Hall–Kier alpha value is -4.21. The predicted octanol–water partition coefficient (Wildman–Crippen LogP) is 6.20. The van der Waals surface area contributed by atoms with Crippen LogP contribution in [0, 0.1) is 17.8 Å². The van der Waals surface area contributed by atoms with Crippen LogP contribution in [-0.4, -0.2) is 57.0 Å². The van der Waals surface area contributed by atoms with Gasteiger partial charge in [-0.05, 0) is 59.9 Å². The molecule has 4 rings (SSSR count). The van der Waals surface area contributed by atoms with Gasteiger partial charge < -0.3 is 26.0 Å². The van der Waals surface area contributed by atoms with Crippen molar-refractivity contribution >= 4 is 35.4 Å². The molecule has 5 N–H and O–H groups in total. The number of amides is 3. The summed E-state index contributed by atoms with van der Waals surface area (Å²) < 4.78 is 0. The highest BCUT2D eigenvalue weighted by atomic mass is 35.5. The molecule has 1 aliphatic rings. The molecule has 5 atom stereocenters. The molecule has 0 saturated heterocycles. The predicted molar refractivity (Wildman–Crippen MR) is 199 cm³/mol. The minimum absolute atomic E-state index is 0.0901. The molecule has 1 saturated carbocycles. The second kappa shape index (κ2) is 19.8. The zero-order valence-electron chi connectivity index (χ0n) is 29.2. The summed E-state index contributed by atoms with van der Waals surface area (Å²) in [6.45, 7) is 8.17. The van der Waals surface area contributed by atoms with Crippen molar-refractivity contribution in [1.82, 2.24) is 25.9 Å². The Morgan fingerprint density at radius 2 is 1.64 bits per heavy atom. The molecule has 268 valence electrons. The molecule has 0 aliphatic heterocycles. The molecule has 0 bridgehead atoms. The quantitative estimate of drug-likeness (QED) is 0.0796. The van der Waals surface area contributed by atoms with E-state index in [2.05, 4.69) is 46.3 Å². The number of benzene rings is 2. The molecule has 3 amide bonds. The normalized spacial score (nSPS) is 16.7. The Bertz CT molecular complexity index is 1520. The van der Waals surface area contributed by atoms with Crippen LogP contribution in [0.1, 0.15) is 75.6 Å². The van der Waals surface area contributed by atoms with E-state index in [1.54, 1.807) is 36.5 Å². The Kier molecular flexibility index (Phi) is 15.3. The highest BCUT2D eigenvalue weighted by Gasteiger charge is 2.32. The zero-order chi connectivity index (χ0) is 35.9. The first-order chi connectivity index (χ1) is 24.1. The molecule has 50 heavy (non-hydrogen) atoms. The number of aromatic nitrogens is 2. The van der Waals surface area contributed by atoms with Gasteiger partial charge in [-0.25, -0.2) is 4.98 Å². The molecular weight excluding hydrogens is 650 g/mol. The summed E-state index contributed by atoms with van der Waals surface area (Å²) in [5.74, 6) is -0.580. The van der Waals surface area contributed by atoms with Crippen LogP contribution in [0.3, 0.4) is 0 Å². The van der Waals surface area contributed by atoms with Gasteiger partial charge in [0.15, 0.2) is 0 Å². The minimum atomic E-state index is -0.996. The van der Waals surface area contributed by atoms with E-state index < -0.39 is 42.0 Å². The van der Waals surface area contributed by atoms with Crippen LogP contribution in [0.2, 0.25) is 5.02 Å². The maximum absolute atomic E-state index is 14.1. The van der Waals surface area contributed by atoms with Crippen LogP contribution in [0.25, 0.3) is 6.08 Å². The third-order valence-electron chi connectivity index (χ3n) is 9.60. The van der Waals surface area contributed by atoms with Gasteiger partial charge in [-0.2, -0.15) is 0 Å². The number of aliphatic hydroxyl groups excluding tert-OH is 1. The van der Waals surface area contributed by atoms with E-state index in [0.29, 0.717) is 35.4 Å². The molecule has 2 aromatic carbocycles. The summed E-state index contributed by atoms with van der Waals surface area (Å²) in [6, 6.07) is 14.0. The molecule has 0 unspecified atom stereocenters. The van der Waals surface area contributed by atoms with Gasteiger partial charge in [0.1, 0.15) is 12.1 Å². The minimum Gasteiger partial charge on any atom is -0.391 e. The van der Waals surface area contributed by atoms with Crippen molar-refractivity contribution in [3.05, 3.63) is 108 Å². The molecule has 0 spiro atoms. The van der Waals surface area contributed by atoms with E-state index in [1.807, 2.05) is 36.4 Å². The number of rotatable bonds is 18. The Morgan fingerprint density at radius 3 is 2.28 bits per heavy atom. The third kappa shape index (κ3) is 12.6. The first kappa shape index (κ1) is 38.6. The standard InChI is InChI=1S/C40H52ClN5O4/c1-4-31(27(2)3)23-37(47)34(21-29-11-7-5-8-12-29)45-40(50)36(24-33-25-42-26-43-33)46-39(49)35(22-30-13-9-6-10-14-30)44-38(48)20-17-28-15-18-32(41)19-16-28/h4,6,9-10,13-20,25-27,29,31,34-37,47H,1,5,7-8,11-12,21-24H2,2-3H3,(H,42,43)(H,44,48)(H,45,50)(H,46,49)/t31-,34-,35-,36-,37-/m0/s1. The summed E-state index contributed by atoms with van der Waals surface area (Å²) in [5.41, 5.74) is 2.29. The van der Waals surface area contributed by atoms with Crippen molar-refractivity contribution in [2.75, 3.05) is 0 Å². The molecule has 1 aliphatic carbocycles. The lowest BCUT2D eigenvalue weighted by molar-refractivity contribution is -0.132. The van der Waals surface area contributed by atoms with Gasteiger partial charge in [-0.15, -0.1) is 6.58 Å². The van der Waals surface area contributed by atoms with E-state index in [4.69, 9.17) is 11.6 Å². The second-order valence-electron chi connectivity index (χ2n) is 13.8. The lowest BCUT2D eigenvalue weighted by atomic mass is 9.81. The van der Waals surface area contributed by atoms with E-state index in [1.165, 1.54) is 18.8 Å². The fourth-order valence-corrected chi connectivity index (χ4v) is 6.71. The number of nitrogens with zero attached hydrogens (tertiary/aromatic N) is 1. The molecular formula is C40H52ClN5O4. The fourth-order valence-electron chi connectivity index (χ4n) is 6.58. The van der Waals surface area contributed by atoms with Crippen LogP contribution in [0.4, 0.5) is 0 Å². The summed E-state index contributed by atoms with van der Waals surface area (Å²) in [4.78, 5) is 48.4. The number of aromatic amines is 1. The lowest BCUT2D eigenvalue weighted by Crippen LogP contribution is -2.57. The zero-order valence-corrected chi connectivity index (χ0v) is 29.9. The van der Waals surface area contributed by atoms with Crippen LogP contribution in [-0.2, 0) is 27.2 Å². The number of H-pyrrole nitrogens is 1. The van der Waals surface area contributed by atoms with E-state index in [9.17, 15) is 19.5 Å². The molecule has 9 nitrogen and oxygen atoms in total. The van der Waals surface area contributed by atoms with Crippen molar-refractivity contribution in [2.24, 2.45) is 17.8 Å². The average molecular weight is 702 g/mol. The van der Waals surface area contributed by atoms with E-state index in [-0.39, 0.29) is 18.8 Å². The van der Waals surface area contributed by atoms with Gasteiger partial charge in [0, 0.05) is 35.8 Å². The summed E-state index contributed by atoms with van der Waals surface area (Å²) >= 11 is 5.99. The van der Waals surface area contributed by atoms with Crippen molar-refractivity contribution < 1.29 is 19.5 Å². The number of halogens is 1. The smallest absolute Gasteiger partial charge is 0.244 e. The highest BCUT2D eigenvalue weighted by molar-refractivity contribution is 6.30. The number of allylic oxidation sites excluding steroid dienone is 1. The van der Waals surface area contributed by atoms with Gasteiger partial charge in [0.25, 0.3) is 0 Å². The average Bonchev–Trinajstić information content (AvgIpc) is 3.63. The van der Waals surface area contributed by atoms with Crippen molar-refractivity contribution in [3.8, 4) is 0 Å². The summed E-state index contributed by atoms with van der Waals surface area (Å²) in [6.07, 6.45) is 14.4. The van der Waals surface area contributed by atoms with Gasteiger partial charge >= 0.3 is 0 Å². The molecule has 1 heterocycles. The Balaban J connectivity index is 1.54. The van der Waals surface area contributed by atoms with Crippen LogP contribution >= 0.6 is 11.6 Å². The summed E-state index contributed by atoms with van der Waals surface area (Å²) in [7, 11) is 0. The molecule has 10 heteroatoms. The lowest BCUT2D eigenvalue weighted by Gasteiger charge is -2.33. The molecule has 1 fully saturated rings. The number of hydrogen-bond donors (Lipinski definition) is 5.